The maximum absolute atomic E-state index is 13.3. The molecular weight excluding hydrogens is 490 g/mol. The van der Waals surface area contributed by atoms with E-state index >= 15 is 0 Å². The summed E-state index contributed by atoms with van der Waals surface area (Å²) in [4.78, 5) is 23.2. The predicted molar refractivity (Wildman–Crippen MR) is 125 cm³/mol. The maximum atomic E-state index is 13.3. The van der Waals surface area contributed by atoms with E-state index in [1.807, 2.05) is 0 Å². The molecule has 2 aromatic carbocycles. The molecule has 0 bridgehead atoms. The van der Waals surface area contributed by atoms with Gasteiger partial charge in [0.05, 0.1) is 11.5 Å². The van der Waals surface area contributed by atoms with Gasteiger partial charge in [-0.15, -0.1) is 10.2 Å². The van der Waals surface area contributed by atoms with Gasteiger partial charge < -0.3 is 13.9 Å². The van der Waals surface area contributed by atoms with Crippen LogP contribution >= 0.6 is 0 Å². The first-order chi connectivity index (χ1) is 17.4. The summed E-state index contributed by atoms with van der Waals surface area (Å²) in [7, 11) is -4.09. The first-order valence-electron chi connectivity index (χ1n) is 11.3. The van der Waals surface area contributed by atoms with E-state index in [4.69, 9.17) is 19.1 Å². The van der Waals surface area contributed by atoms with Crippen LogP contribution in [-0.4, -0.2) is 60.6 Å². The number of aldehydes is 1. The minimum Gasteiger partial charge on any atom is -0.494 e. The number of sulfone groups is 1. The number of rotatable bonds is 10. The molecule has 1 aromatic heterocycles. The molecule has 1 fully saturated rings. The van der Waals surface area contributed by atoms with Gasteiger partial charge in [0.25, 0.3) is 5.91 Å². The molecule has 1 amide bonds. The Labute approximate surface area is 207 Å². The second-order valence-corrected chi connectivity index (χ2v) is 10.5. The Hall–Kier alpha value is -3.61. The number of ether oxygens (including phenoxy) is 2. The van der Waals surface area contributed by atoms with Gasteiger partial charge in [-0.05, 0) is 55.7 Å². The molecule has 0 saturated carbocycles. The summed E-state index contributed by atoms with van der Waals surface area (Å²) in [5.74, 6) is 0.240. The highest BCUT2D eigenvalue weighted by molar-refractivity contribution is 7.93. The molecule has 0 atom stereocenters. The van der Waals surface area contributed by atoms with E-state index < -0.39 is 20.5 Å². The van der Waals surface area contributed by atoms with Crippen molar-refractivity contribution in [2.24, 2.45) is 0 Å². The number of hydrogen-bond acceptors (Lipinski definition) is 10. The first-order valence-corrected chi connectivity index (χ1v) is 12.8. The van der Waals surface area contributed by atoms with Crippen LogP contribution in [0.25, 0.3) is 11.5 Å². The topological polar surface area (TPSA) is 158 Å². The lowest BCUT2D eigenvalue weighted by atomic mass is 9.98. The smallest absolute Gasteiger partial charge is 0.265 e. The molecule has 36 heavy (non-hydrogen) atoms. The summed E-state index contributed by atoms with van der Waals surface area (Å²) < 4.78 is 41.3. The Balaban J connectivity index is 1.34. The van der Waals surface area contributed by atoms with Crippen molar-refractivity contribution in [2.75, 3.05) is 19.8 Å². The van der Waals surface area contributed by atoms with E-state index in [2.05, 4.69) is 10.2 Å². The number of hydroxylamine groups is 1. The van der Waals surface area contributed by atoms with E-state index in [0.29, 0.717) is 48.1 Å². The zero-order chi connectivity index (χ0) is 25.6. The Morgan fingerprint density at radius 1 is 1.14 bits per heavy atom. The van der Waals surface area contributed by atoms with Gasteiger partial charge in [-0.3, -0.25) is 14.8 Å². The van der Waals surface area contributed by atoms with Crippen molar-refractivity contribution in [3.8, 4) is 17.2 Å². The Morgan fingerprint density at radius 3 is 2.58 bits per heavy atom. The summed E-state index contributed by atoms with van der Waals surface area (Å²) in [5, 5.41) is 17.2. The summed E-state index contributed by atoms with van der Waals surface area (Å²) in [5.41, 5.74) is 2.67. The van der Waals surface area contributed by atoms with Gasteiger partial charge in [0.15, 0.2) is 14.6 Å². The number of amides is 1. The Morgan fingerprint density at radius 2 is 1.89 bits per heavy atom. The first kappa shape index (κ1) is 25.5. The Bertz CT molecular complexity index is 1320. The summed E-state index contributed by atoms with van der Waals surface area (Å²) in [6, 6.07) is 12.6. The number of nitrogens with zero attached hydrogens (tertiary/aromatic N) is 2. The predicted octanol–water partition coefficient (Wildman–Crippen LogP) is 2.39. The largest absolute Gasteiger partial charge is 0.494 e. The van der Waals surface area contributed by atoms with E-state index in [1.165, 1.54) is 29.7 Å². The quantitative estimate of drug-likeness (QED) is 0.178. The fourth-order valence-corrected chi connectivity index (χ4v) is 5.93. The van der Waals surface area contributed by atoms with Crippen molar-refractivity contribution in [2.45, 2.75) is 35.3 Å². The van der Waals surface area contributed by atoms with Crippen molar-refractivity contribution < 1.29 is 37.1 Å². The molecule has 2 N–H and O–H groups in total. The zero-order valence-corrected chi connectivity index (χ0v) is 20.1. The number of aromatic nitrogens is 2. The van der Waals surface area contributed by atoms with E-state index in [0.717, 1.165) is 6.29 Å². The van der Waals surface area contributed by atoms with Gasteiger partial charge in [0.2, 0.25) is 11.8 Å². The second kappa shape index (κ2) is 11.0. The minimum atomic E-state index is -4.09. The molecule has 0 radical (unpaired) electrons. The van der Waals surface area contributed by atoms with Crippen molar-refractivity contribution in [1.82, 2.24) is 15.7 Å². The highest BCUT2D eigenvalue weighted by Crippen LogP contribution is 2.35. The van der Waals surface area contributed by atoms with Gasteiger partial charge in [0.1, 0.15) is 12.0 Å². The van der Waals surface area contributed by atoms with Crippen LogP contribution in [0, 0.1) is 0 Å². The van der Waals surface area contributed by atoms with Gasteiger partial charge in [-0.25, -0.2) is 13.9 Å². The van der Waals surface area contributed by atoms with Crippen LogP contribution in [0.1, 0.15) is 35.5 Å². The van der Waals surface area contributed by atoms with Crippen molar-refractivity contribution >= 4 is 22.0 Å². The fraction of sp³-hybridized carbons (Fsp3) is 0.333. The van der Waals surface area contributed by atoms with Crippen molar-refractivity contribution in [1.29, 1.82) is 0 Å². The van der Waals surface area contributed by atoms with Gasteiger partial charge >= 0.3 is 0 Å². The SMILES string of the molecule is O=Cc1cccc(-c2nnc(CCCOc3ccc(S(=O)(=O)C4(C(=O)NO)CCOCC4)cc3)o2)c1. The number of aryl methyl sites for hydroxylation is 1. The standard InChI is InChI=1S/C24H25N3O8S/c28-16-17-3-1-4-18(15-17)22-26-25-21(35-22)5-2-12-34-19-6-8-20(9-7-19)36(31,32)24(23(29)27-30)10-13-33-14-11-24/h1,3-4,6-9,15-16,30H,2,5,10-14H2,(H,27,29). The third-order valence-electron chi connectivity index (χ3n) is 6.00. The minimum absolute atomic E-state index is 0.0441. The lowest BCUT2D eigenvalue weighted by molar-refractivity contribution is -0.134. The van der Waals surface area contributed by atoms with Crippen molar-refractivity contribution in [3.63, 3.8) is 0 Å². The van der Waals surface area contributed by atoms with E-state index in [-0.39, 0.29) is 31.0 Å². The lowest BCUT2D eigenvalue weighted by Gasteiger charge is -2.34. The average molecular weight is 516 g/mol. The van der Waals surface area contributed by atoms with Crippen molar-refractivity contribution in [3.05, 3.63) is 60.0 Å². The molecule has 1 aliphatic heterocycles. The summed E-state index contributed by atoms with van der Waals surface area (Å²) in [6.07, 6.45) is 1.66. The molecular formula is C24H25N3O8S. The molecule has 4 rings (SSSR count). The average Bonchev–Trinajstić information content (AvgIpc) is 3.40. The van der Waals surface area contributed by atoms with Crippen LogP contribution < -0.4 is 10.2 Å². The number of nitrogens with one attached hydrogen (secondary N) is 1. The number of carbonyl (C=O) groups excluding carboxylic acids is 2. The maximum Gasteiger partial charge on any atom is 0.265 e. The molecule has 190 valence electrons. The fourth-order valence-electron chi connectivity index (χ4n) is 3.99. The van der Waals surface area contributed by atoms with Crippen LogP contribution in [0.2, 0.25) is 0 Å². The molecule has 12 heteroatoms. The van der Waals surface area contributed by atoms with Gasteiger partial charge in [-0.1, -0.05) is 12.1 Å². The molecule has 0 aliphatic carbocycles. The second-order valence-electron chi connectivity index (χ2n) is 8.22. The molecule has 3 aromatic rings. The molecule has 1 saturated heterocycles. The highest BCUT2D eigenvalue weighted by Gasteiger charge is 2.52. The van der Waals surface area contributed by atoms with Gasteiger partial charge in [0, 0.05) is 30.8 Å². The van der Waals surface area contributed by atoms with Crippen LogP contribution in [-0.2, 0) is 25.8 Å². The molecule has 0 spiro atoms. The highest BCUT2D eigenvalue weighted by atomic mass is 32.2. The molecule has 0 unspecified atom stereocenters. The van der Waals surface area contributed by atoms with E-state index in [9.17, 15) is 18.0 Å². The molecule has 1 aliphatic rings. The van der Waals surface area contributed by atoms with Crippen LogP contribution in [0.3, 0.4) is 0 Å². The third kappa shape index (κ3) is 5.15. The van der Waals surface area contributed by atoms with E-state index in [1.54, 1.807) is 24.3 Å². The Kier molecular flexibility index (Phi) is 7.77. The molecule has 11 nitrogen and oxygen atoms in total. The molecule has 2 heterocycles. The third-order valence-corrected chi connectivity index (χ3v) is 8.52. The van der Waals surface area contributed by atoms with Gasteiger partial charge in [-0.2, -0.15) is 0 Å². The number of carbonyl (C=O) groups is 2. The number of benzene rings is 2. The zero-order valence-electron chi connectivity index (χ0n) is 19.3. The monoisotopic (exact) mass is 515 g/mol. The summed E-state index contributed by atoms with van der Waals surface area (Å²) >= 11 is 0. The normalized spacial score (nSPS) is 15.2. The lowest BCUT2D eigenvalue weighted by Crippen LogP contribution is -2.54. The summed E-state index contributed by atoms with van der Waals surface area (Å²) in [6.45, 7) is 0.514. The van der Waals surface area contributed by atoms with Crippen LogP contribution in [0.4, 0.5) is 0 Å². The van der Waals surface area contributed by atoms with Crippen LogP contribution in [0.15, 0.2) is 57.8 Å². The number of hydrogen-bond donors (Lipinski definition) is 2. The van der Waals surface area contributed by atoms with Crippen LogP contribution in [0.5, 0.6) is 5.75 Å².